The van der Waals surface area contributed by atoms with Gasteiger partial charge in [-0.3, -0.25) is 9.59 Å². The smallest absolute Gasteiger partial charge is 0.240 e. The van der Waals surface area contributed by atoms with Crippen molar-refractivity contribution in [1.29, 1.82) is 0 Å². The first-order valence-corrected chi connectivity index (χ1v) is 10.4. The molecule has 2 amide bonds. The summed E-state index contributed by atoms with van der Waals surface area (Å²) in [7, 11) is 0. The Bertz CT molecular complexity index is 735. The maximum atomic E-state index is 11.7. The van der Waals surface area contributed by atoms with Crippen LogP contribution in [0.5, 0.6) is 0 Å². The van der Waals surface area contributed by atoms with Crippen molar-refractivity contribution in [1.82, 2.24) is 10.9 Å². The molecule has 2 aromatic rings. The van der Waals surface area contributed by atoms with Crippen LogP contribution in [0, 0.1) is 0 Å². The lowest BCUT2D eigenvalue weighted by Crippen LogP contribution is -2.17. The van der Waals surface area contributed by atoms with Crippen molar-refractivity contribution >= 4 is 24.2 Å². The standard InChI is InChI=1S/C24H30N4O2/c29-23(27-25-19-17-21-11-5-3-6-12-21)15-9-1-2-10-16-24(30)28-26-20-18-22-13-7-4-8-14-22/h3-8,11-14,19-20H,1-2,9-10,15-18H2,(H,27,29)(H,28,30). The molecule has 0 bridgehead atoms. The molecule has 0 radical (unpaired) electrons. The first-order chi connectivity index (χ1) is 14.7. The maximum absolute atomic E-state index is 11.7. The summed E-state index contributed by atoms with van der Waals surface area (Å²) in [5, 5.41) is 7.94. The molecule has 0 aliphatic carbocycles. The fourth-order valence-electron chi connectivity index (χ4n) is 2.80. The van der Waals surface area contributed by atoms with Crippen LogP contribution >= 0.6 is 0 Å². The lowest BCUT2D eigenvalue weighted by atomic mass is 10.1. The summed E-state index contributed by atoms with van der Waals surface area (Å²) in [6.45, 7) is 0. The van der Waals surface area contributed by atoms with Crippen molar-refractivity contribution in [3.8, 4) is 0 Å². The average Bonchev–Trinajstić information content (AvgIpc) is 2.78. The summed E-state index contributed by atoms with van der Waals surface area (Å²) < 4.78 is 0. The number of nitrogens with one attached hydrogen (secondary N) is 2. The van der Waals surface area contributed by atoms with Gasteiger partial charge in [0, 0.05) is 38.1 Å². The number of unbranched alkanes of at least 4 members (excludes halogenated alkanes) is 3. The van der Waals surface area contributed by atoms with Crippen molar-refractivity contribution in [3.63, 3.8) is 0 Å². The predicted molar refractivity (Wildman–Crippen MR) is 121 cm³/mol. The molecule has 158 valence electrons. The lowest BCUT2D eigenvalue weighted by molar-refractivity contribution is -0.122. The first kappa shape index (κ1) is 23.0. The van der Waals surface area contributed by atoms with Crippen molar-refractivity contribution in [3.05, 3.63) is 71.8 Å². The molecule has 0 aliphatic heterocycles. The Balaban J connectivity index is 1.43. The van der Waals surface area contributed by atoms with Crippen LogP contribution in [0.4, 0.5) is 0 Å². The summed E-state index contributed by atoms with van der Waals surface area (Å²) in [5.74, 6) is -0.158. The number of hydrazone groups is 2. The third-order valence-corrected chi connectivity index (χ3v) is 4.46. The van der Waals surface area contributed by atoms with Gasteiger partial charge in [-0.25, -0.2) is 10.9 Å². The molecule has 2 rings (SSSR count). The Morgan fingerprint density at radius 3 is 1.43 bits per heavy atom. The van der Waals surface area contributed by atoms with E-state index in [2.05, 4.69) is 21.1 Å². The molecule has 30 heavy (non-hydrogen) atoms. The van der Waals surface area contributed by atoms with Gasteiger partial charge < -0.3 is 0 Å². The van der Waals surface area contributed by atoms with E-state index in [4.69, 9.17) is 0 Å². The first-order valence-electron chi connectivity index (χ1n) is 10.4. The molecule has 0 aliphatic rings. The highest BCUT2D eigenvalue weighted by atomic mass is 16.2. The second kappa shape index (κ2) is 14.7. The molecule has 0 atom stereocenters. The minimum absolute atomic E-state index is 0.0789. The van der Waals surface area contributed by atoms with Crippen molar-refractivity contribution < 1.29 is 9.59 Å². The zero-order valence-corrected chi connectivity index (χ0v) is 17.3. The quantitative estimate of drug-likeness (QED) is 0.299. The molecule has 0 aromatic heterocycles. The van der Waals surface area contributed by atoms with Gasteiger partial charge in [0.2, 0.25) is 11.8 Å². The van der Waals surface area contributed by atoms with Crippen LogP contribution in [-0.2, 0) is 22.4 Å². The molecule has 0 heterocycles. The molecule has 6 heteroatoms. The highest BCUT2D eigenvalue weighted by Crippen LogP contribution is 2.05. The number of carbonyl (C=O) groups excluding carboxylic acids is 2. The van der Waals surface area contributed by atoms with Gasteiger partial charge in [0.25, 0.3) is 0 Å². The van der Waals surface area contributed by atoms with Crippen molar-refractivity contribution in [2.45, 2.75) is 51.4 Å². The fraction of sp³-hybridized carbons (Fsp3) is 0.333. The Kier molecular flexibility index (Phi) is 11.3. The van der Waals surface area contributed by atoms with Gasteiger partial charge in [0.15, 0.2) is 0 Å². The largest absolute Gasteiger partial charge is 0.273 e. The normalized spacial score (nSPS) is 11.1. The van der Waals surface area contributed by atoms with E-state index in [1.807, 2.05) is 60.7 Å². The maximum Gasteiger partial charge on any atom is 0.240 e. The van der Waals surface area contributed by atoms with Crippen LogP contribution in [0.2, 0.25) is 0 Å². The Morgan fingerprint density at radius 2 is 1.03 bits per heavy atom. The summed E-state index contributed by atoms with van der Waals surface area (Å²) in [6, 6.07) is 19.9. The fourth-order valence-corrected chi connectivity index (χ4v) is 2.80. The number of benzene rings is 2. The van der Waals surface area contributed by atoms with E-state index in [1.165, 1.54) is 0 Å². The Morgan fingerprint density at radius 1 is 0.633 bits per heavy atom. The molecule has 2 N–H and O–H groups in total. The van der Waals surface area contributed by atoms with Gasteiger partial charge in [-0.05, 0) is 24.0 Å². The summed E-state index contributed by atoms with van der Waals surface area (Å²) >= 11 is 0. The molecule has 2 aromatic carbocycles. The van der Waals surface area contributed by atoms with Crippen LogP contribution in [0.15, 0.2) is 70.9 Å². The van der Waals surface area contributed by atoms with Gasteiger partial charge in [0.1, 0.15) is 0 Å². The van der Waals surface area contributed by atoms with Crippen LogP contribution in [-0.4, -0.2) is 24.2 Å². The van der Waals surface area contributed by atoms with Crippen LogP contribution in [0.3, 0.4) is 0 Å². The second-order valence-corrected chi connectivity index (χ2v) is 6.99. The molecule has 0 saturated heterocycles. The van der Waals surface area contributed by atoms with Crippen molar-refractivity contribution in [2.24, 2.45) is 10.2 Å². The van der Waals surface area contributed by atoms with E-state index in [9.17, 15) is 9.59 Å². The van der Waals surface area contributed by atoms with Gasteiger partial charge in [-0.1, -0.05) is 73.5 Å². The summed E-state index contributed by atoms with van der Waals surface area (Å²) in [4.78, 5) is 23.5. The summed E-state index contributed by atoms with van der Waals surface area (Å²) in [6.07, 6.45) is 9.07. The summed E-state index contributed by atoms with van der Waals surface area (Å²) in [5.41, 5.74) is 7.41. The SMILES string of the molecule is O=C(CCCCCCC(=O)NN=CCc1ccccc1)NN=CCc1ccccc1. The molecule has 0 spiro atoms. The van der Waals surface area contributed by atoms with E-state index in [0.29, 0.717) is 25.7 Å². The van der Waals surface area contributed by atoms with E-state index < -0.39 is 0 Å². The highest BCUT2D eigenvalue weighted by molar-refractivity contribution is 5.77. The van der Waals surface area contributed by atoms with E-state index >= 15 is 0 Å². The van der Waals surface area contributed by atoms with Crippen LogP contribution in [0.25, 0.3) is 0 Å². The number of hydrogen-bond acceptors (Lipinski definition) is 4. The van der Waals surface area contributed by atoms with Crippen LogP contribution in [0.1, 0.15) is 49.7 Å². The zero-order chi connectivity index (χ0) is 21.3. The molecule has 6 nitrogen and oxygen atoms in total. The number of amides is 2. The minimum atomic E-state index is -0.0789. The third kappa shape index (κ3) is 10.9. The predicted octanol–water partition coefficient (Wildman–Crippen LogP) is 4.02. The third-order valence-electron chi connectivity index (χ3n) is 4.46. The van der Waals surface area contributed by atoms with E-state index in [0.717, 1.165) is 36.8 Å². The monoisotopic (exact) mass is 406 g/mol. The lowest BCUT2D eigenvalue weighted by Gasteiger charge is -2.02. The molecule has 0 unspecified atom stereocenters. The zero-order valence-electron chi connectivity index (χ0n) is 17.3. The Labute approximate surface area is 178 Å². The molecule has 0 fully saturated rings. The van der Waals surface area contributed by atoms with E-state index in [-0.39, 0.29) is 11.8 Å². The number of rotatable bonds is 13. The molecular weight excluding hydrogens is 376 g/mol. The molecular formula is C24H30N4O2. The van der Waals surface area contributed by atoms with Crippen molar-refractivity contribution in [2.75, 3.05) is 0 Å². The average molecular weight is 407 g/mol. The van der Waals surface area contributed by atoms with Gasteiger partial charge in [-0.2, -0.15) is 10.2 Å². The number of carbonyl (C=O) groups is 2. The number of nitrogens with zero attached hydrogens (tertiary/aromatic N) is 2. The van der Waals surface area contributed by atoms with Gasteiger partial charge in [0.05, 0.1) is 0 Å². The second-order valence-electron chi connectivity index (χ2n) is 6.99. The Hall–Kier alpha value is -3.28. The molecule has 0 saturated carbocycles. The topological polar surface area (TPSA) is 82.9 Å². The van der Waals surface area contributed by atoms with Crippen LogP contribution < -0.4 is 10.9 Å². The van der Waals surface area contributed by atoms with E-state index in [1.54, 1.807) is 12.4 Å². The van der Waals surface area contributed by atoms with Gasteiger partial charge in [-0.15, -0.1) is 0 Å². The number of hydrogen-bond donors (Lipinski definition) is 2. The van der Waals surface area contributed by atoms with Gasteiger partial charge >= 0.3 is 0 Å². The minimum Gasteiger partial charge on any atom is -0.273 e. The highest BCUT2D eigenvalue weighted by Gasteiger charge is 2.02.